The van der Waals surface area contributed by atoms with Crippen LogP contribution in [0.3, 0.4) is 0 Å². The van der Waals surface area contributed by atoms with Crippen molar-refractivity contribution in [1.29, 1.82) is 0 Å². The molecule has 0 unspecified atom stereocenters. The van der Waals surface area contributed by atoms with Crippen LogP contribution in [-0.2, 0) is 4.79 Å². The lowest BCUT2D eigenvalue weighted by Crippen LogP contribution is -2.18. The number of carboxylic acid groups (broad SMARTS) is 1. The summed E-state index contributed by atoms with van der Waals surface area (Å²) in [6.07, 6.45) is -0.119. The van der Waals surface area contributed by atoms with E-state index in [9.17, 15) is 4.79 Å². The topological polar surface area (TPSA) is 81.8 Å². The Kier molecular flexibility index (Phi) is 3.54. The van der Waals surface area contributed by atoms with Crippen LogP contribution >= 0.6 is 15.9 Å². The molecule has 0 saturated carbocycles. The molecule has 1 aromatic carbocycles. The van der Waals surface area contributed by atoms with Gasteiger partial charge >= 0.3 is 5.97 Å². The zero-order valence-electron chi connectivity index (χ0n) is 8.98. The Morgan fingerprint density at radius 2 is 2.18 bits per heavy atom. The zero-order chi connectivity index (χ0) is 12.4. The highest BCUT2D eigenvalue weighted by Crippen LogP contribution is 2.39. The summed E-state index contributed by atoms with van der Waals surface area (Å²) in [6.45, 7) is 0.989. The maximum atomic E-state index is 10.6. The maximum Gasteiger partial charge on any atom is 0.305 e. The first kappa shape index (κ1) is 12.2. The molecule has 1 atom stereocenters. The van der Waals surface area contributed by atoms with Gasteiger partial charge in [-0.2, -0.15) is 0 Å². The Bertz CT molecular complexity index is 449. The van der Waals surface area contributed by atoms with E-state index in [1.807, 2.05) is 0 Å². The summed E-state index contributed by atoms with van der Waals surface area (Å²) in [5, 5.41) is 8.71. The predicted octanol–water partition coefficient (Wildman–Crippen LogP) is 1.69. The van der Waals surface area contributed by atoms with Crippen molar-refractivity contribution in [2.75, 3.05) is 13.2 Å². The Labute approximate surface area is 107 Å². The summed E-state index contributed by atoms with van der Waals surface area (Å²) in [5.74, 6) is 0.313. The second-order valence-corrected chi connectivity index (χ2v) is 4.59. The number of carboxylic acids is 1. The Balaban J connectivity index is 2.30. The third kappa shape index (κ3) is 2.70. The molecule has 3 N–H and O–H groups in total. The van der Waals surface area contributed by atoms with Gasteiger partial charge < -0.3 is 20.3 Å². The summed E-state index contributed by atoms with van der Waals surface area (Å²) in [5.41, 5.74) is 6.51. The Morgan fingerprint density at radius 3 is 2.88 bits per heavy atom. The van der Waals surface area contributed by atoms with Gasteiger partial charge in [0.05, 0.1) is 10.9 Å². The summed E-state index contributed by atoms with van der Waals surface area (Å²) in [7, 11) is 0. The number of fused-ring (bicyclic) bond motifs is 1. The first-order chi connectivity index (χ1) is 8.08. The van der Waals surface area contributed by atoms with Crippen molar-refractivity contribution in [3.05, 3.63) is 22.2 Å². The molecule has 1 aliphatic rings. The monoisotopic (exact) mass is 301 g/mol. The highest BCUT2D eigenvalue weighted by molar-refractivity contribution is 9.10. The number of rotatable bonds is 3. The number of benzene rings is 1. The molecule has 0 spiro atoms. The van der Waals surface area contributed by atoms with E-state index in [0.29, 0.717) is 30.3 Å². The van der Waals surface area contributed by atoms with Crippen molar-refractivity contribution in [3.8, 4) is 11.5 Å². The van der Waals surface area contributed by atoms with Gasteiger partial charge in [0.25, 0.3) is 0 Å². The van der Waals surface area contributed by atoms with E-state index >= 15 is 0 Å². The van der Waals surface area contributed by atoms with Crippen LogP contribution in [0.15, 0.2) is 16.6 Å². The fraction of sp³-hybridized carbons (Fsp3) is 0.364. The molecule has 1 aliphatic heterocycles. The first-order valence-corrected chi connectivity index (χ1v) is 5.93. The largest absolute Gasteiger partial charge is 0.486 e. The van der Waals surface area contributed by atoms with E-state index in [1.54, 1.807) is 12.1 Å². The standard InChI is InChI=1S/C11H12BrNO4/c12-7-3-6(8(13)5-10(14)15)4-9-11(7)17-2-1-16-9/h3-4,8H,1-2,5,13H2,(H,14,15)/t8-/m0/s1. The van der Waals surface area contributed by atoms with Crippen LogP contribution in [0.5, 0.6) is 11.5 Å². The summed E-state index contributed by atoms with van der Waals surface area (Å²) in [6, 6.07) is 2.94. The molecule has 0 amide bonds. The first-order valence-electron chi connectivity index (χ1n) is 5.14. The average molecular weight is 302 g/mol. The fourth-order valence-corrected chi connectivity index (χ4v) is 2.23. The summed E-state index contributed by atoms with van der Waals surface area (Å²) in [4.78, 5) is 10.6. The summed E-state index contributed by atoms with van der Waals surface area (Å²) >= 11 is 3.36. The molecule has 0 radical (unpaired) electrons. The molecular formula is C11H12BrNO4. The van der Waals surface area contributed by atoms with E-state index in [0.717, 1.165) is 4.47 Å². The van der Waals surface area contributed by atoms with Gasteiger partial charge in [0.15, 0.2) is 11.5 Å². The van der Waals surface area contributed by atoms with Gasteiger partial charge in [-0.3, -0.25) is 4.79 Å². The zero-order valence-corrected chi connectivity index (χ0v) is 10.6. The molecule has 5 nitrogen and oxygen atoms in total. The van der Waals surface area contributed by atoms with Gasteiger partial charge in [-0.1, -0.05) is 0 Å². The van der Waals surface area contributed by atoms with E-state index in [2.05, 4.69) is 15.9 Å². The lowest BCUT2D eigenvalue weighted by Gasteiger charge is -2.21. The molecule has 0 fully saturated rings. The van der Waals surface area contributed by atoms with Crippen molar-refractivity contribution in [3.63, 3.8) is 0 Å². The van der Waals surface area contributed by atoms with Crippen molar-refractivity contribution in [1.82, 2.24) is 0 Å². The van der Waals surface area contributed by atoms with Crippen LogP contribution in [0.25, 0.3) is 0 Å². The second-order valence-electron chi connectivity index (χ2n) is 3.73. The van der Waals surface area contributed by atoms with Crippen LogP contribution in [0.4, 0.5) is 0 Å². The highest BCUT2D eigenvalue weighted by Gasteiger charge is 2.19. The number of hydrogen-bond donors (Lipinski definition) is 2. The van der Waals surface area contributed by atoms with Gasteiger partial charge in [0.2, 0.25) is 0 Å². The van der Waals surface area contributed by atoms with Crippen LogP contribution < -0.4 is 15.2 Å². The molecule has 1 aromatic rings. The Hall–Kier alpha value is -1.27. The van der Waals surface area contributed by atoms with Gasteiger partial charge in [0, 0.05) is 6.04 Å². The van der Waals surface area contributed by atoms with E-state index in [1.165, 1.54) is 0 Å². The fourth-order valence-electron chi connectivity index (χ4n) is 1.65. The number of nitrogens with two attached hydrogens (primary N) is 1. The minimum absolute atomic E-state index is 0.119. The molecular weight excluding hydrogens is 290 g/mol. The number of aliphatic carboxylic acids is 1. The van der Waals surface area contributed by atoms with E-state index in [-0.39, 0.29) is 6.42 Å². The molecule has 2 rings (SSSR count). The SMILES string of the molecule is N[C@@H](CC(=O)O)c1cc(Br)c2c(c1)OCCO2. The molecule has 0 aliphatic carbocycles. The molecule has 0 saturated heterocycles. The highest BCUT2D eigenvalue weighted by atomic mass is 79.9. The number of ether oxygens (including phenoxy) is 2. The predicted molar refractivity (Wildman–Crippen MR) is 64.3 cm³/mol. The number of hydrogen-bond acceptors (Lipinski definition) is 4. The van der Waals surface area contributed by atoms with Gasteiger partial charge in [-0.15, -0.1) is 0 Å². The minimum atomic E-state index is -0.927. The Morgan fingerprint density at radius 1 is 1.47 bits per heavy atom. The molecule has 6 heteroatoms. The van der Waals surface area contributed by atoms with Gasteiger partial charge in [-0.25, -0.2) is 0 Å². The van der Waals surface area contributed by atoms with Crippen molar-refractivity contribution < 1.29 is 19.4 Å². The van der Waals surface area contributed by atoms with Crippen molar-refractivity contribution in [2.45, 2.75) is 12.5 Å². The van der Waals surface area contributed by atoms with E-state index in [4.69, 9.17) is 20.3 Å². The maximum absolute atomic E-state index is 10.6. The lowest BCUT2D eigenvalue weighted by atomic mass is 10.0. The smallest absolute Gasteiger partial charge is 0.305 e. The van der Waals surface area contributed by atoms with Crippen LogP contribution in [0.2, 0.25) is 0 Å². The molecule has 17 heavy (non-hydrogen) atoms. The van der Waals surface area contributed by atoms with E-state index < -0.39 is 12.0 Å². The average Bonchev–Trinajstić information content (AvgIpc) is 2.28. The molecule has 92 valence electrons. The van der Waals surface area contributed by atoms with Gasteiger partial charge in [-0.05, 0) is 33.6 Å². The third-order valence-electron chi connectivity index (χ3n) is 2.44. The molecule has 0 bridgehead atoms. The molecule has 0 aromatic heterocycles. The van der Waals surface area contributed by atoms with Crippen LogP contribution in [-0.4, -0.2) is 24.3 Å². The number of carbonyl (C=O) groups is 1. The van der Waals surface area contributed by atoms with Crippen LogP contribution in [0, 0.1) is 0 Å². The minimum Gasteiger partial charge on any atom is -0.486 e. The summed E-state index contributed by atoms with van der Waals surface area (Å²) < 4.78 is 11.6. The van der Waals surface area contributed by atoms with Crippen LogP contribution in [0.1, 0.15) is 18.0 Å². The number of halogens is 1. The third-order valence-corrected chi connectivity index (χ3v) is 3.03. The second kappa shape index (κ2) is 4.93. The van der Waals surface area contributed by atoms with Crippen molar-refractivity contribution in [2.24, 2.45) is 5.73 Å². The lowest BCUT2D eigenvalue weighted by molar-refractivity contribution is -0.137. The van der Waals surface area contributed by atoms with Gasteiger partial charge in [0.1, 0.15) is 13.2 Å². The van der Waals surface area contributed by atoms with Crippen molar-refractivity contribution >= 4 is 21.9 Å². The quantitative estimate of drug-likeness (QED) is 0.888. The molecule has 1 heterocycles. The normalized spacial score (nSPS) is 15.4.